The van der Waals surface area contributed by atoms with Crippen LogP contribution in [0.1, 0.15) is 35.0 Å². The van der Waals surface area contributed by atoms with E-state index in [0.717, 1.165) is 11.3 Å². The third-order valence-corrected chi connectivity index (χ3v) is 3.70. The maximum absolute atomic E-state index is 11.6. The smallest absolute Gasteiger partial charge is 0.376 e. The zero-order valence-corrected chi connectivity index (χ0v) is 11.5. The van der Waals surface area contributed by atoms with Crippen LogP contribution in [0.25, 0.3) is 10.8 Å². The molecular weight excluding hydrogens is 250 g/mol. The number of thiophene rings is 1. The van der Waals surface area contributed by atoms with E-state index in [2.05, 4.69) is 11.9 Å². The molecule has 0 fully saturated rings. The van der Waals surface area contributed by atoms with Crippen LogP contribution < -0.4 is 0 Å². The molecule has 0 aliphatic rings. The zero-order valence-electron chi connectivity index (χ0n) is 10.6. The summed E-state index contributed by atoms with van der Waals surface area (Å²) in [7, 11) is 0. The molecule has 0 spiro atoms. The summed E-state index contributed by atoms with van der Waals surface area (Å²) < 4.78 is 10.4. The molecule has 5 heteroatoms. The second-order valence-corrected chi connectivity index (χ2v) is 4.94. The number of carbonyl (C=O) groups excluding carboxylic acids is 1. The molecule has 2 heterocycles. The van der Waals surface area contributed by atoms with Gasteiger partial charge in [0, 0.05) is 4.88 Å². The number of ether oxygens (including phenoxy) is 1. The third kappa shape index (κ3) is 2.46. The lowest BCUT2D eigenvalue weighted by molar-refractivity contribution is 0.0490. The van der Waals surface area contributed by atoms with Crippen molar-refractivity contribution in [3.63, 3.8) is 0 Å². The highest BCUT2D eigenvalue weighted by Crippen LogP contribution is 2.29. The van der Waals surface area contributed by atoms with Crippen LogP contribution in [0, 0.1) is 6.92 Å². The van der Waals surface area contributed by atoms with Crippen molar-refractivity contribution < 1.29 is 13.9 Å². The van der Waals surface area contributed by atoms with Gasteiger partial charge in [0.1, 0.15) is 0 Å². The van der Waals surface area contributed by atoms with Crippen LogP contribution in [0.15, 0.2) is 16.5 Å². The van der Waals surface area contributed by atoms with Crippen LogP contribution in [-0.4, -0.2) is 17.6 Å². The summed E-state index contributed by atoms with van der Waals surface area (Å²) in [5.74, 6) is 0.222. The predicted octanol–water partition coefficient (Wildman–Crippen LogP) is 3.45. The topological polar surface area (TPSA) is 52.3 Å². The van der Waals surface area contributed by atoms with Gasteiger partial charge >= 0.3 is 5.97 Å². The Kier molecular flexibility index (Phi) is 3.81. The van der Waals surface area contributed by atoms with Crippen molar-refractivity contribution in [1.29, 1.82) is 0 Å². The van der Waals surface area contributed by atoms with Crippen molar-refractivity contribution in [2.45, 2.75) is 27.2 Å². The third-order valence-electron chi connectivity index (χ3n) is 2.48. The van der Waals surface area contributed by atoms with Gasteiger partial charge in [-0.3, -0.25) is 0 Å². The molecule has 0 radical (unpaired) electrons. The zero-order chi connectivity index (χ0) is 13.1. The Morgan fingerprint density at radius 1 is 1.44 bits per heavy atom. The summed E-state index contributed by atoms with van der Waals surface area (Å²) >= 11 is 1.62. The number of aryl methyl sites for hydroxylation is 2. The van der Waals surface area contributed by atoms with Gasteiger partial charge in [0.05, 0.1) is 17.2 Å². The molecule has 0 unspecified atom stereocenters. The average molecular weight is 265 g/mol. The van der Waals surface area contributed by atoms with Crippen LogP contribution in [0.5, 0.6) is 0 Å². The van der Waals surface area contributed by atoms with E-state index in [1.165, 1.54) is 4.88 Å². The van der Waals surface area contributed by atoms with Gasteiger partial charge in [-0.15, -0.1) is 11.3 Å². The minimum absolute atomic E-state index is 0.193. The monoisotopic (exact) mass is 265 g/mol. The summed E-state index contributed by atoms with van der Waals surface area (Å²) in [6.07, 6.45) is 0.981. The van der Waals surface area contributed by atoms with Gasteiger partial charge in [0.25, 0.3) is 0 Å². The number of hydrogen-bond acceptors (Lipinski definition) is 5. The molecule has 2 aromatic heterocycles. The minimum Gasteiger partial charge on any atom is -0.460 e. The number of aromatic nitrogens is 1. The maximum Gasteiger partial charge on any atom is 0.376 e. The first kappa shape index (κ1) is 12.8. The number of oxazole rings is 1. The molecule has 96 valence electrons. The Bertz CT molecular complexity index is 556. The highest BCUT2D eigenvalue weighted by molar-refractivity contribution is 7.15. The summed E-state index contributed by atoms with van der Waals surface area (Å²) in [5, 5.41) is 0. The van der Waals surface area contributed by atoms with E-state index in [1.54, 1.807) is 25.2 Å². The standard InChI is InChI=1S/C13H15NO3S/c1-4-9-6-7-10(18-9)12-14-8(3)11(17-12)13(15)16-5-2/h6-7H,4-5H2,1-3H3. The second kappa shape index (κ2) is 5.35. The molecule has 2 aromatic rings. The van der Waals surface area contributed by atoms with Crippen LogP contribution in [0.2, 0.25) is 0 Å². The van der Waals surface area contributed by atoms with Crippen LogP contribution >= 0.6 is 11.3 Å². The molecule has 0 saturated heterocycles. The largest absolute Gasteiger partial charge is 0.460 e. The van der Waals surface area contributed by atoms with E-state index < -0.39 is 5.97 Å². The summed E-state index contributed by atoms with van der Waals surface area (Å²) in [4.78, 5) is 18.1. The molecule has 0 aliphatic carbocycles. The van der Waals surface area contributed by atoms with Crippen molar-refractivity contribution in [2.75, 3.05) is 6.61 Å². The quantitative estimate of drug-likeness (QED) is 0.794. The lowest BCUT2D eigenvalue weighted by Gasteiger charge is -1.97. The van der Waals surface area contributed by atoms with E-state index in [9.17, 15) is 4.79 Å². The molecule has 0 amide bonds. The fourth-order valence-corrected chi connectivity index (χ4v) is 2.44. The first-order chi connectivity index (χ1) is 8.65. The number of rotatable bonds is 4. The van der Waals surface area contributed by atoms with Crippen LogP contribution in [0.4, 0.5) is 0 Å². The van der Waals surface area contributed by atoms with Gasteiger partial charge in [-0.25, -0.2) is 9.78 Å². The van der Waals surface area contributed by atoms with Crippen molar-refractivity contribution in [3.05, 3.63) is 28.5 Å². The molecule has 0 bridgehead atoms. The number of nitrogens with zero attached hydrogens (tertiary/aromatic N) is 1. The van der Waals surface area contributed by atoms with Crippen molar-refractivity contribution in [1.82, 2.24) is 4.98 Å². The van der Waals surface area contributed by atoms with Gasteiger partial charge in [-0.05, 0) is 32.4 Å². The average Bonchev–Trinajstić information content (AvgIpc) is 2.95. The molecule has 0 saturated carbocycles. The van der Waals surface area contributed by atoms with E-state index in [1.807, 2.05) is 12.1 Å². The van der Waals surface area contributed by atoms with E-state index in [4.69, 9.17) is 9.15 Å². The maximum atomic E-state index is 11.6. The van der Waals surface area contributed by atoms with E-state index >= 15 is 0 Å². The van der Waals surface area contributed by atoms with E-state index in [0.29, 0.717) is 18.2 Å². The van der Waals surface area contributed by atoms with Crippen LogP contribution in [0.3, 0.4) is 0 Å². The molecule has 0 N–H and O–H groups in total. The fraction of sp³-hybridized carbons (Fsp3) is 0.385. The lowest BCUT2D eigenvalue weighted by atomic mass is 10.3. The minimum atomic E-state index is -0.457. The number of hydrogen-bond donors (Lipinski definition) is 0. The summed E-state index contributed by atoms with van der Waals surface area (Å²) in [6, 6.07) is 4.01. The SMILES string of the molecule is CCOC(=O)c1oc(-c2ccc(CC)s2)nc1C. The Balaban J connectivity index is 2.30. The summed E-state index contributed by atoms with van der Waals surface area (Å²) in [5.41, 5.74) is 0.565. The Hall–Kier alpha value is -1.62. The predicted molar refractivity (Wildman–Crippen MR) is 69.9 cm³/mol. The molecular formula is C13H15NO3S. The lowest BCUT2D eigenvalue weighted by Crippen LogP contribution is -2.04. The first-order valence-corrected chi connectivity index (χ1v) is 6.71. The van der Waals surface area contributed by atoms with Gasteiger partial charge in [-0.1, -0.05) is 6.92 Å². The molecule has 18 heavy (non-hydrogen) atoms. The Labute approximate surface area is 110 Å². The Morgan fingerprint density at radius 2 is 2.22 bits per heavy atom. The van der Waals surface area contributed by atoms with Gasteiger partial charge < -0.3 is 9.15 Å². The first-order valence-electron chi connectivity index (χ1n) is 5.89. The van der Waals surface area contributed by atoms with Crippen LogP contribution in [-0.2, 0) is 11.2 Å². The highest BCUT2D eigenvalue weighted by Gasteiger charge is 2.19. The summed E-state index contributed by atoms with van der Waals surface area (Å²) in [6.45, 7) is 5.93. The van der Waals surface area contributed by atoms with Crippen molar-refractivity contribution in [2.24, 2.45) is 0 Å². The number of esters is 1. The fourth-order valence-electron chi connectivity index (χ4n) is 1.57. The number of carbonyl (C=O) groups is 1. The molecule has 0 atom stereocenters. The molecule has 2 rings (SSSR count). The van der Waals surface area contributed by atoms with E-state index in [-0.39, 0.29) is 5.76 Å². The molecule has 4 nitrogen and oxygen atoms in total. The molecule has 0 aliphatic heterocycles. The van der Waals surface area contributed by atoms with Crippen molar-refractivity contribution in [3.8, 4) is 10.8 Å². The van der Waals surface area contributed by atoms with Gasteiger partial charge in [-0.2, -0.15) is 0 Å². The highest BCUT2D eigenvalue weighted by atomic mass is 32.1. The van der Waals surface area contributed by atoms with Gasteiger partial charge in [0.2, 0.25) is 11.7 Å². The van der Waals surface area contributed by atoms with Gasteiger partial charge in [0.15, 0.2) is 0 Å². The molecule has 0 aromatic carbocycles. The van der Waals surface area contributed by atoms with Crippen molar-refractivity contribution >= 4 is 17.3 Å². The Morgan fingerprint density at radius 3 is 2.83 bits per heavy atom. The normalized spacial score (nSPS) is 10.6. The second-order valence-electron chi connectivity index (χ2n) is 3.77.